The van der Waals surface area contributed by atoms with Gasteiger partial charge in [-0.3, -0.25) is 13.8 Å². The van der Waals surface area contributed by atoms with E-state index in [-0.39, 0.29) is 11.1 Å². The van der Waals surface area contributed by atoms with Crippen molar-refractivity contribution in [2.24, 2.45) is 7.05 Å². The Hall–Kier alpha value is -2.03. The molecule has 3 heterocycles. The van der Waals surface area contributed by atoms with Gasteiger partial charge in [-0.2, -0.15) is 0 Å². The first-order valence-electron chi connectivity index (χ1n) is 8.90. The predicted octanol–water partition coefficient (Wildman–Crippen LogP) is 3.57. The predicted molar refractivity (Wildman–Crippen MR) is 110 cm³/mol. The molecule has 0 radical (unpaired) electrons. The van der Waals surface area contributed by atoms with Gasteiger partial charge in [0, 0.05) is 17.1 Å². The highest BCUT2D eigenvalue weighted by Crippen LogP contribution is 2.42. The van der Waals surface area contributed by atoms with Crippen molar-refractivity contribution in [3.8, 4) is 0 Å². The van der Waals surface area contributed by atoms with E-state index < -0.39 is 0 Å². The molecule has 1 N–H and O–H groups in total. The summed E-state index contributed by atoms with van der Waals surface area (Å²) in [6.07, 6.45) is 3.42. The molecule has 5 rings (SSSR count). The minimum absolute atomic E-state index is 0.0238. The first kappa shape index (κ1) is 17.1. The van der Waals surface area contributed by atoms with E-state index in [4.69, 9.17) is 0 Å². The topological polar surface area (TPSA) is 64.2 Å². The minimum atomic E-state index is -0.0241. The van der Waals surface area contributed by atoms with Crippen LogP contribution >= 0.6 is 27.3 Å². The van der Waals surface area contributed by atoms with Crippen LogP contribution in [0.4, 0.5) is 0 Å². The Morgan fingerprint density at radius 3 is 2.89 bits per heavy atom. The van der Waals surface area contributed by atoms with E-state index in [0.29, 0.717) is 12.3 Å². The number of fused-ring (bicyclic) bond motifs is 3. The molecule has 8 heteroatoms. The molecule has 4 aromatic rings. The monoisotopic (exact) mass is 443 g/mol. The molecule has 138 valence electrons. The molecular weight excluding hydrogens is 426 g/mol. The number of hydrogen-bond acceptors (Lipinski definition) is 5. The molecule has 0 saturated heterocycles. The normalized spacial score (nSPS) is 16.1. The lowest BCUT2D eigenvalue weighted by Crippen LogP contribution is -2.47. The van der Waals surface area contributed by atoms with Crippen LogP contribution in [0.3, 0.4) is 0 Å². The fourth-order valence-corrected chi connectivity index (χ4v) is 5.15. The second-order valence-corrected chi connectivity index (χ2v) is 8.88. The Morgan fingerprint density at radius 1 is 1.30 bits per heavy atom. The van der Waals surface area contributed by atoms with Crippen molar-refractivity contribution >= 4 is 43.3 Å². The Balaban J connectivity index is 1.55. The molecule has 0 unspecified atom stereocenters. The van der Waals surface area contributed by atoms with Crippen LogP contribution < -0.4 is 10.9 Å². The molecule has 1 fully saturated rings. The highest BCUT2D eigenvalue weighted by molar-refractivity contribution is 9.10. The summed E-state index contributed by atoms with van der Waals surface area (Å²) in [6.45, 7) is 0.594. The maximum absolute atomic E-state index is 12.5. The Morgan fingerprint density at radius 2 is 2.15 bits per heavy atom. The zero-order valence-corrected chi connectivity index (χ0v) is 17.2. The van der Waals surface area contributed by atoms with Crippen molar-refractivity contribution < 1.29 is 0 Å². The zero-order valence-electron chi connectivity index (χ0n) is 14.8. The smallest absolute Gasteiger partial charge is 0.272 e. The SMILES string of the molecule is Cn1c(=O)c2sccc2n2c(CNC3(c4cccc(Br)c4)CCC3)nnc12. The number of aryl methyl sites for hydroxylation is 1. The number of nitrogens with zero attached hydrogens (tertiary/aromatic N) is 4. The van der Waals surface area contributed by atoms with Crippen molar-refractivity contribution in [2.45, 2.75) is 31.3 Å². The lowest BCUT2D eigenvalue weighted by molar-refractivity contribution is 0.181. The van der Waals surface area contributed by atoms with Crippen molar-refractivity contribution in [3.63, 3.8) is 0 Å². The summed E-state index contributed by atoms with van der Waals surface area (Å²) in [6, 6.07) is 10.5. The van der Waals surface area contributed by atoms with Crippen LogP contribution in [0.15, 0.2) is 45.0 Å². The zero-order chi connectivity index (χ0) is 18.6. The van der Waals surface area contributed by atoms with Crippen LogP contribution in [0.25, 0.3) is 16.0 Å². The van der Waals surface area contributed by atoms with Gasteiger partial charge in [0.1, 0.15) is 4.70 Å². The van der Waals surface area contributed by atoms with Gasteiger partial charge in [-0.25, -0.2) is 0 Å². The van der Waals surface area contributed by atoms with Crippen molar-refractivity contribution in [2.75, 3.05) is 0 Å². The van der Waals surface area contributed by atoms with Crippen molar-refractivity contribution in [3.05, 3.63) is 61.9 Å². The van der Waals surface area contributed by atoms with Gasteiger partial charge in [0.25, 0.3) is 5.56 Å². The van der Waals surface area contributed by atoms with Gasteiger partial charge in [-0.05, 0) is 48.4 Å². The van der Waals surface area contributed by atoms with Gasteiger partial charge >= 0.3 is 0 Å². The largest absolute Gasteiger partial charge is 0.300 e. The molecule has 27 heavy (non-hydrogen) atoms. The van der Waals surface area contributed by atoms with E-state index in [1.165, 1.54) is 23.3 Å². The molecule has 0 amide bonds. The molecule has 1 aromatic carbocycles. The number of halogens is 1. The van der Waals surface area contributed by atoms with Gasteiger partial charge in [-0.1, -0.05) is 28.1 Å². The molecule has 3 aromatic heterocycles. The van der Waals surface area contributed by atoms with Crippen LogP contribution in [0.2, 0.25) is 0 Å². The molecule has 1 saturated carbocycles. The highest BCUT2D eigenvalue weighted by atomic mass is 79.9. The van der Waals surface area contributed by atoms with Gasteiger partial charge in [0.2, 0.25) is 5.78 Å². The first-order chi connectivity index (χ1) is 13.1. The quantitative estimate of drug-likeness (QED) is 0.523. The van der Waals surface area contributed by atoms with E-state index >= 15 is 0 Å². The summed E-state index contributed by atoms with van der Waals surface area (Å²) in [5, 5.41) is 14.3. The van der Waals surface area contributed by atoms with Crippen LogP contribution in [0, 0.1) is 0 Å². The summed E-state index contributed by atoms with van der Waals surface area (Å²) >= 11 is 5.04. The first-order valence-corrected chi connectivity index (χ1v) is 10.6. The molecule has 0 spiro atoms. The van der Waals surface area contributed by atoms with E-state index in [9.17, 15) is 4.79 Å². The van der Waals surface area contributed by atoms with E-state index in [0.717, 1.165) is 33.4 Å². The molecular formula is C19H18BrN5OS. The van der Waals surface area contributed by atoms with Crippen LogP contribution in [-0.4, -0.2) is 19.2 Å². The molecule has 0 atom stereocenters. The van der Waals surface area contributed by atoms with Crippen molar-refractivity contribution in [1.29, 1.82) is 0 Å². The third-order valence-corrected chi connectivity index (χ3v) is 6.95. The third kappa shape index (κ3) is 2.58. The number of rotatable bonds is 4. The highest BCUT2D eigenvalue weighted by Gasteiger charge is 2.38. The van der Waals surface area contributed by atoms with Crippen molar-refractivity contribution in [1.82, 2.24) is 24.5 Å². The van der Waals surface area contributed by atoms with E-state index in [1.807, 2.05) is 15.8 Å². The second-order valence-electron chi connectivity index (χ2n) is 7.05. The van der Waals surface area contributed by atoms with Crippen LogP contribution in [-0.2, 0) is 19.1 Å². The average Bonchev–Trinajstić information content (AvgIpc) is 3.25. The molecule has 0 aliphatic heterocycles. The minimum Gasteiger partial charge on any atom is -0.300 e. The maximum Gasteiger partial charge on any atom is 0.272 e. The number of hydrogen-bond donors (Lipinski definition) is 1. The lowest BCUT2D eigenvalue weighted by Gasteiger charge is -2.43. The van der Waals surface area contributed by atoms with Gasteiger partial charge in [-0.15, -0.1) is 21.5 Å². The fourth-order valence-electron chi connectivity index (χ4n) is 3.90. The maximum atomic E-state index is 12.5. The number of aromatic nitrogens is 4. The average molecular weight is 444 g/mol. The summed E-state index contributed by atoms with van der Waals surface area (Å²) < 4.78 is 5.39. The Labute approximate surface area is 168 Å². The summed E-state index contributed by atoms with van der Waals surface area (Å²) in [5.41, 5.74) is 2.13. The lowest BCUT2D eigenvalue weighted by atomic mass is 9.72. The van der Waals surface area contributed by atoms with Gasteiger partial charge in [0.15, 0.2) is 5.82 Å². The van der Waals surface area contributed by atoms with Gasteiger partial charge in [0.05, 0.1) is 12.1 Å². The Bertz CT molecular complexity index is 1220. The number of thiophene rings is 1. The number of benzene rings is 1. The third-order valence-electron chi connectivity index (χ3n) is 5.57. The molecule has 0 bridgehead atoms. The summed E-state index contributed by atoms with van der Waals surface area (Å²) in [7, 11) is 1.75. The fraction of sp³-hybridized carbons (Fsp3) is 0.316. The van der Waals surface area contributed by atoms with Crippen LogP contribution in [0.1, 0.15) is 30.7 Å². The van der Waals surface area contributed by atoms with E-state index in [1.54, 1.807) is 11.6 Å². The van der Waals surface area contributed by atoms with E-state index in [2.05, 4.69) is 55.7 Å². The summed E-state index contributed by atoms with van der Waals surface area (Å²) in [4.78, 5) is 12.5. The van der Waals surface area contributed by atoms with Gasteiger partial charge < -0.3 is 5.32 Å². The Kier molecular flexibility index (Phi) is 3.96. The summed E-state index contributed by atoms with van der Waals surface area (Å²) in [5.74, 6) is 1.40. The molecule has 6 nitrogen and oxygen atoms in total. The second kappa shape index (κ2) is 6.25. The standard InChI is InChI=1S/C19H18BrN5OS/c1-24-17(26)16-14(6-9-27-16)25-15(22-23-18(24)25)11-21-19(7-3-8-19)12-4-2-5-13(20)10-12/h2,4-6,9-10,21H,3,7-8,11H2,1H3. The molecule has 1 aliphatic carbocycles. The van der Waals surface area contributed by atoms with Crippen LogP contribution in [0.5, 0.6) is 0 Å². The molecule has 1 aliphatic rings. The number of nitrogens with one attached hydrogen (secondary N) is 1.